The lowest BCUT2D eigenvalue weighted by Crippen LogP contribution is -2.28. The van der Waals surface area contributed by atoms with Crippen molar-refractivity contribution in [1.29, 1.82) is 5.26 Å². The molecule has 1 amide bonds. The number of nitrogens with zero attached hydrogens (tertiary/aromatic N) is 1. The third kappa shape index (κ3) is 4.03. The first-order valence-corrected chi connectivity index (χ1v) is 7.27. The number of nitrogens with one attached hydrogen (secondary N) is 1. The molecule has 2 N–H and O–H groups in total. The van der Waals surface area contributed by atoms with Gasteiger partial charge in [0.2, 0.25) is 0 Å². The maximum Gasteiger partial charge on any atom is 0.251 e. The Kier molecular flexibility index (Phi) is 5.77. The van der Waals surface area contributed by atoms with Gasteiger partial charge in [0.15, 0.2) is 11.5 Å². The second-order valence-electron chi connectivity index (χ2n) is 5.03. The molecule has 2 aromatic carbocycles. The third-order valence-corrected chi connectivity index (χ3v) is 3.52. The Morgan fingerprint density at radius 1 is 1.17 bits per heavy atom. The Hall–Kier alpha value is -3.04. The van der Waals surface area contributed by atoms with Gasteiger partial charge in [-0.2, -0.15) is 5.26 Å². The predicted octanol–water partition coefficient (Wildman–Crippen LogP) is 2.04. The van der Waals surface area contributed by atoms with Crippen LogP contribution >= 0.6 is 0 Å². The molecule has 6 nitrogen and oxygen atoms in total. The highest BCUT2D eigenvalue weighted by molar-refractivity contribution is 5.94. The van der Waals surface area contributed by atoms with Crippen molar-refractivity contribution in [2.45, 2.75) is 6.10 Å². The van der Waals surface area contributed by atoms with Crippen molar-refractivity contribution in [3.63, 3.8) is 0 Å². The summed E-state index contributed by atoms with van der Waals surface area (Å²) in [5.74, 6) is 0.751. The standard InChI is InChI=1S/C18H18N2O4/c1-23-16-8-7-14(9-17(16)24-2)15(21)11-20-18(22)13-5-3-12(10-19)4-6-13/h3-9,15,21H,11H2,1-2H3,(H,20,22). The van der Waals surface area contributed by atoms with E-state index >= 15 is 0 Å². The van der Waals surface area contributed by atoms with Crippen LogP contribution in [0.3, 0.4) is 0 Å². The van der Waals surface area contributed by atoms with Gasteiger partial charge in [0.1, 0.15) is 0 Å². The number of rotatable bonds is 6. The fourth-order valence-electron chi connectivity index (χ4n) is 2.17. The van der Waals surface area contributed by atoms with Gasteiger partial charge in [-0.1, -0.05) is 6.07 Å². The second kappa shape index (κ2) is 7.99. The maximum absolute atomic E-state index is 12.1. The summed E-state index contributed by atoms with van der Waals surface area (Å²) in [7, 11) is 3.05. The van der Waals surface area contributed by atoms with E-state index in [0.717, 1.165) is 0 Å². The van der Waals surface area contributed by atoms with Crippen molar-refractivity contribution < 1.29 is 19.4 Å². The second-order valence-corrected chi connectivity index (χ2v) is 5.03. The third-order valence-electron chi connectivity index (χ3n) is 3.52. The van der Waals surface area contributed by atoms with Gasteiger partial charge in [0.25, 0.3) is 5.91 Å². The first kappa shape index (κ1) is 17.3. The molecule has 0 aliphatic heterocycles. The SMILES string of the molecule is COc1ccc(C(O)CNC(=O)c2ccc(C#N)cc2)cc1OC. The number of carbonyl (C=O) groups is 1. The van der Waals surface area contributed by atoms with E-state index in [-0.39, 0.29) is 12.5 Å². The van der Waals surface area contributed by atoms with Crippen molar-refractivity contribution >= 4 is 5.91 Å². The summed E-state index contributed by atoms with van der Waals surface area (Å²) in [6.07, 6.45) is -0.882. The van der Waals surface area contributed by atoms with Gasteiger partial charge in [-0.15, -0.1) is 0 Å². The highest BCUT2D eigenvalue weighted by atomic mass is 16.5. The molecule has 124 valence electrons. The van der Waals surface area contributed by atoms with Gasteiger partial charge >= 0.3 is 0 Å². The minimum Gasteiger partial charge on any atom is -0.493 e. The normalized spacial score (nSPS) is 11.2. The molecule has 0 radical (unpaired) electrons. The average molecular weight is 326 g/mol. The molecule has 6 heteroatoms. The Morgan fingerprint density at radius 3 is 2.42 bits per heavy atom. The maximum atomic E-state index is 12.1. The lowest BCUT2D eigenvalue weighted by Gasteiger charge is -2.15. The number of methoxy groups -OCH3 is 2. The van der Waals surface area contributed by atoms with Crippen molar-refractivity contribution in [2.24, 2.45) is 0 Å². The summed E-state index contributed by atoms with van der Waals surface area (Å²) in [6.45, 7) is 0.0499. The van der Waals surface area contributed by atoms with Crippen LogP contribution in [0.15, 0.2) is 42.5 Å². The molecule has 0 saturated carbocycles. The van der Waals surface area contributed by atoms with Crippen molar-refractivity contribution in [3.05, 3.63) is 59.2 Å². The summed E-state index contributed by atoms with van der Waals surface area (Å²) < 4.78 is 10.3. The van der Waals surface area contributed by atoms with Gasteiger partial charge in [-0.25, -0.2) is 0 Å². The van der Waals surface area contributed by atoms with Crippen LogP contribution < -0.4 is 14.8 Å². The molecule has 2 aromatic rings. The van der Waals surface area contributed by atoms with E-state index in [1.807, 2.05) is 6.07 Å². The minimum atomic E-state index is -0.882. The van der Waals surface area contributed by atoms with Gasteiger partial charge in [-0.05, 0) is 42.0 Å². The molecule has 24 heavy (non-hydrogen) atoms. The zero-order valence-corrected chi connectivity index (χ0v) is 13.4. The van der Waals surface area contributed by atoms with Crippen molar-refractivity contribution in [1.82, 2.24) is 5.32 Å². The summed E-state index contributed by atoms with van der Waals surface area (Å²) >= 11 is 0. The van der Waals surface area contributed by atoms with Crippen LogP contribution in [0.4, 0.5) is 0 Å². The molecule has 1 unspecified atom stereocenters. The van der Waals surface area contributed by atoms with Crippen molar-refractivity contribution in [3.8, 4) is 17.6 Å². The molecule has 0 bridgehead atoms. The Bertz CT molecular complexity index is 751. The number of ether oxygens (including phenoxy) is 2. The highest BCUT2D eigenvalue weighted by Crippen LogP contribution is 2.29. The zero-order valence-electron chi connectivity index (χ0n) is 13.4. The molecule has 0 aliphatic carbocycles. The number of hydrogen-bond acceptors (Lipinski definition) is 5. The fraction of sp³-hybridized carbons (Fsp3) is 0.222. The Balaban J connectivity index is 2.00. The number of amides is 1. The number of nitriles is 1. The predicted molar refractivity (Wildman–Crippen MR) is 88.0 cm³/mol. The first-order chi connectivity index (χ1) is 11.6. The highest BCUT2D eigenvalue weighted by Gasteiger charge is 2.13. The molecule has 0 aromatic heterocycles. The van der Waals surface area contributed by atoms with Gasteiger partial charge in [-0.3, -0.25) is 4.79 Å². The summed E-state index contributed by atoms with van der Waals surface area (Å²) in [5, 5.41) is 21.6. The number of benzene rings is 2. The van der Waals surface area contributed by atoms with Crippen LogP contribution in [-0.4, -0.2) is 31.8 Å². The quantitative estimate of drug-likeness (QED) is 0.847. The lowest BCUT2D eigenvalue weighted by atomic mass is 10.1. The molecular formula is C18H18N2O4. The van der Waals surface area contributed by atoms with Gasteiger partial charge < -0.3 is 19.9 Å². The van der Waals surface area contributed by atoms with E-state index in [9.17, 15) is 9.90 Å². The Morgan fingerprint density at radius 2 is 1.83 bits per heavy atom. The van der Waals surface area contributed by atoms with E-state index in [2.05, 4.69) is 5.32 Å². The minimum absolute atomic E-state index is 0.0499. The van der Waals surface area contributed by atoms with Crippen LogP contribution in [0.1, 0.15) is 27.6 Å². The molecule has 0 fully saturated rings. The van der Waals surface area contributed by atoms with E-state index < -0.39 is 6.10 Å². The van der Waals surface area contributed by atoms with Crippen LogP contribution in [0.2, 0.25) is 0 Å². The summed E-state index contributed by atoms with van der Waals surface area (Å²) in [6, 6.07) is 13.3. The topological polar surface area (TPSA) is 91.6 Å². The molecule has 0 aliphatic rings. The monoisotopic (exact) mass is 326 g/mol. The number of carbonyl (C=O) groups excluding carboxylic acids is 1. The molecule has 2 rings (SSSR count). The van der Waals surface area contributed by atoms with Crippen LogP contribution in [0.25, 0.3) is 0 Å². The summed E-state index contributed by atoms with van der Waals surface area (Å²) in [4.78, 5) is 12.1. The molecule has 1 atom stereocenters. The average Bonchev–Trinajstić information content (AvgIpc) is 2.65. The van der Waals surface area contributed by atoms with Crippen LogP contribution in [0, 0.1) is 11.3 Å². The molecular weight excluding hydrogens is 308 g/mol. The van der Waals surface area contributed by atoms with Gasteiger partial charge in [0, 0.05) is 12.1 Å². The Labute approximate surface area is 140 Å². The number of hydrogen-bond donors (Lipinski definition) is 2. The van der Waals surface area contributed by atoms with Gasteiger partial charge in [0.05, 0.1) is 32.0 Å². The summed E-state index contributed by atoms with van der Waals surface area (Å²) in [5.41, 5.74) is 1.51. The fourth-order valence-corrected chi connectivity index (χ4v) is 2.17. The zero-order chi connectivity index (χ0) is 17.5. The largest absolute Gasteiger partial charge is 0.493 e. The lowest BCUT2D eigenvalue weighted by molar-refractivity contribution is 0.0916. The molecule has 0 saturated heterocycles. The van der Waals surface area contributed by atoms with E-state index in [1.54, 1.807) is 42.5 Å². The van der Waals surface area contributed by atoms with Crippen molar-refractivity contribution in [2.75, 3.05) is 20.8 Å². The first-order valence-electron chi connectivity index (χ1n) is 7.27. The molecule has 0 spiro atoms. The van der Waals surface area contributed by atoms with E-state index in [0.29, 0.717) is 28.2 Å². The number of aliphatic hydroxyl groups is 1. The van der Waals surface area contributed by atoms with E-state index in [1.165, 1.54) is 14.2 Å². The smallest absolute Gasteiger partial charge is 0.251 e. The molecule has 0 heterocycles. The number of aliphatic hydroxyl groups excluding tert-OH is 1. The van der Waals surface area contributed by atoms with Crippen LogP contribution in [-0.2, 0) is 0 Å². The van der Waals surface area contributed by atoms with E-state index in [4.69, 9.17) is 14.7 Å². The van der Waals surface area contributed by atoms with Crippen LogP contribution in [0.5, 0.6) is 11.5 Å².